The van der Waals surface area contributed by atoms with Crippen molar-refractivity contribution in [3.05, 3.63) is 0 Å². The molecular weight excluding hydrogens is 250 g/mol. The van der Waals surface area contributed by atoms with Crippen LogP contribution in [0.5, 0.6) is 0 Å². The van der Waals surface area contributed by atoms with Crippen molar-refractivity contribution in [2.24, 2.45) is 11.7 Å². The Kier molecular flexibility index (Phi) is 8.15. The van der Waals surface area contributed by atoms with E-state index in [1.807, 2.05) is 11.8 Å². The number of hydrogen-bond donors (Lipinski definition) is 1. The van der Waals surface area contributed by atoms with Gasteiger partial charge in [0.2, 0.25) is 5.91 Å². The number of hydrogen-bond acceptors (Lipinski definition) is 3. The second kappa shape index (κ2) is 9.35. The molecule has 1 amide bonds. The zero-order chi connectivity index (χ0) is 15.0. The first-order valence-electron chi connectivity index (χ1n) is 8.28. The van der Waals surface area contributed by atoms with Gasteiger partial charge in [0.1, 0.15) is 0 Å². The van der Waals surface area contributed by atoms with Gasteiger partial charge < -0.3 is 15.5 Å². The Balaban J connectivity index is 2.24. The zero-order valence-electron chi connectivity index (χ0n) is 13.6. The van der Waals surface area contributed by atoms with Crippen LogP contribution in [0.2, 0.25) is 0 Å². The van der Waals surface area contributed by atoms with Gasteiger partial charge in [-0.1, -0.05) is 20.3 Å². The van der Waals surface area contributed by atoms with Gasteiger partial charge in [0.15, 0.2) is 0 Å². The van der Waals surface area contributed by atoms with Crippen molar-refractivity contribution in [1.29, 1.82) is 0 Å². The summed E-state index contributed by atoms with van der Waals surface area (Å²) in [5.41, 5.74) is 5.87. The predicted octanol–water partition coefficient (Wildman–Crippen LogP) is 2.08. The molecule has 1 aliphatic heterocycles. The van der Waals surface area contributed by atoms with Crippen LogP contribution in [-0.4, -0.2) is 55.0 Å². The smallest absolute Gasteiger partial charge is 0.224 e. The Morgan fingerprint density at radius 3 is 2.55 bits per heavy atom. The number of nitrogens with zero attached hydrogens (tertiary/aromatic N) is 2. The van der Waals surface area contributed by atoms with Gasteiger partial charge in [0.05, 0.1) is 0 Å². The molecule has 0 spiro atoms. The van der Waals surface area contributed by atoms with E-state index < -0.39 is 0 Å². The highest BCUT2D eigenvalue weighted by atomic mass is 16.2. The molecule has 1 saturated heterocycles. The Morgan fingerprint density at radius 1 is 1.35 bits per heavy atom. The van der Waals surface area contributed by atoms with Crippen LogP contribution in [0.3, 0.4) is 0 Å². The number of piperidine rings is 1. The molecule has 0 bridgehead atoms. The van der Waals surface area contributed by atoms with E-state index in [9.17, 15) is 4.79 Å². The van der Waals surface area contributed by atoms with E-state index in [4.69, 9.17) is 5.73 Å². The molecule has 0 radical (unpaired) electrons. The second-order valence-electron chi connectivity index (χ2n) is 6.31. The third-order valence-corrected chi connectivity index (χ3v) is 4.39. The Morgan fingerprint density at radius 2 is 2.00 bits per heavy atom. The van der Waals surface area contributed by atoms with Crippen molar-refractivity contribution < 1.29 is 4.79 Å². The summed E-state index contributed by atoms with van der Waals surface area (Å²) in [5, 5.41) is 0. The summed E-state index contributed by atoms with van der Waals surface area (Å²) in [6.45, 7) is 8.48. The van der Waals surface area contributed by atoms with E-state index in [1.165, 1.54) is 25.9 Å². The van der Waals surface area contributed by atoms with E-state index in [0.717, 1.165) is 38.3 Å². The van der Waals surface area contributed by atoms with Crippen LogP contribution in [0.25, 0.3) is 0 Å². The van der Waals surface area contributed by atoms with E-state index >= 15 is 0 Å². The molecule has 4 nitrogen and oxygen atoms in total. The molecule has 1 fully saturated rings. The first-order chi connectivity index (χ1) is 9.56. The molecule has 0 aromatic rings. The average molecular weight is 283 g/mol. The number of nitrogens with two attached hydrogens (primary N) is 1. The third kappa shape index (κ3) is 6.23. The highest BCUT2D eigenvalue weighted by Crippen LogP contribution is 2.19. The lowest BCUT2D eigenvalue weighted by molar-refractivity contribution is -0.133. The van der Waals surface area contributed by atoms with Crippen LogP contribution in [0.1, 0.15) is 52.4 Å². The summed E-state index contributed by atoms with van der Waals surface area (Å²) >= 11 is 0. The Hall–Kier alpha value is -0.610. The van der Waals surface area contributed by atoms with Gasteiger partial charge in [-0.25, -0.2) is 0 Å². The van der Waals surface area contributed by atoms with E-state index in [-0.39, 0.29) is 11.9 Å². The van der Waals surface area contributed by atoms with Crippen molar-refractivity contribution in [3.63, 3.8) is 0 Å². The van der Waals surface area contributed by atoms with Crippen molar-refractivity contribution in [3.8, 4) is 0 Å². The second-order valence-corrected chi connectivity index (χ2v) is 6.31. The molecule has 0 aliphatic carbocycles. The number of likely N-dealkylation sites (tertiary alicyclic amines) is 1. The summed E-state index contributed by atoms with van der Waals surface area (Å²) in [6, 6.07) is 0.0281. The normalized spacial score (nSPS) is 18.6. The minimum atomic E-state index is 0.0281. The lowest BCUT2D eigenvalue weighted by atomic mass is 9.95. The van der Waals surface area contributed by atoms with E-state index in [1.54, 1.807) is 0 Å². The van der Waals surface area contributed by atoms with Gasteiger partial charge >= 0.3 is 0 Å². The van der Waals surface area contributed by atoms with Crippen LogP contribution >= 0.6 is 0 Å². The van der Waals surface area contributed by atoms with Crippen molar-refractivity contribution >= 4 is 5.91 Å². The fraction of sp³-hybridized carbons (Fsp3) is 0.938. The van der Waals surface area contributed by atoms with Gasteiger partial charge in [-0.15, -0.1) is 0 Å². The minimum absolute atomic E-state index is 0.0281. The highest BCUT2D eigenvalue weighted by molar-refractivity contribution is 5.76. The molecule has 1 rings (SSSR count). The van der Waals surface area contributed by atoms with E-state index in [0.29, 0.717) is 6.42 Å². The molecule has 1 unspecified atom stereocenters. The largest absolute Gasteiger partial charge is 0.343 e. The Labute approximate surface area is 124 Å². The maximum Gasteiger partial charge on any atom is 0.224 e. The number of carbonyl (C=O) groups is 1. The molecule has 4 heteroatoms. The van der Waals surface area contributed by atoms with Crippen LogP contribution in [0, 0.1) is 5.92 Å². The van der Waals surface area contributed by atoms with Gasteiger partial charge in [0.25, 0.3) is 0 Å². The van der Waals surface area contributed by atoms with Gasteiger partial charge in [-0.05, 0) is 45.2 Å². The number of rotatable bonds is 8. The lowest BCUT2D eigenvalue weighted by Gasteiger charge is -2.34. The summed E-state index contributed by atoms with van der Waals surface area (Å²) in [4.78, 5) is 16.5. The number of unbranched alkanes of at least 4 members (excludes halogenated alkanes) is 1. The molecule has 2 N–H and O–H groups in total. The van der Waals surface area contributed by atoms with Crippen molar-refractivity contribution in [1.82, 2.24) is 9.80 Å². The zero-order valence-corrected chi connectivity index (χ0v) is 13.6. The maximum absolute atomic E-state index is 12.1. The van der Waals surface area contributed by atoms with Crippen molar-refractivity contribution in [2.45, 2.75) is 58.4 Å². The highest BCUT2D eigenvalue weighted by Gasteiger charge is 2.24. The van der Waals surface area contributed by atoms with Crippen LogP contribution < -0.4 is 5.73 Å². The molecular formula is C16H33N3O. The van der Waals surface area contributed by atoms with Gasteiger partial charge in [-0.2, -0.15) is 0 Å². The maximum atomic E-state index is 12.1. The third-order valence-electron chi connectivity index (χ3n) is 4.39. The first-order valence-corrected chi connectivity index (χ1v) is 8.28. The first kappa shape index (κ1) is 17.4. The van der Waals surface area contributed by atoms with Gasteiger partial charge in [-0.3, -0.25) is 4.79 Å². The molecule has 0 aromatic heterocycles. The minimum Gasteiger partial charge on any atom is -0.343 e. The number of carbonyl (C=O) groups excluding carboxylic acids is 1. The monoisotopic (exact) mass is 283 g/mol. The fourth-order valence-electron chi connectivity index (χ4n) is 2.82. The standard InChI is InChI=1S/C16H33N3O/c1-4-6-9-18(3)13-14-7-10-19(11-8-14)16(20)12-15(17)5-2/h14-15H,4-13,17H2,1-3H3. The quantitative estimate of drug-likeness (QED) is 0.742. The number of amides is 1. The SMILES string of the molecule is CCCCN(C)CC1CCN(C(=O)CC(N)CC)CC1. The molecule has 1 heterocycles. The summed E-state index contributed by atoms with van der Waals surface area (Å²) in [5.74, 6) is 0.998. The molecule has 1 aliphatic rings. The topological polar surface area (TPSA) is 49.6 Å². The molecule has 0 aromatic carbocycles. The fourth-order valence-corrected chi connectivity index (χ4v) is 2.82. The predicted molar refractivity (Wildman–Crippen MR) is 84.6 cm³/mol. The molecule has 20 heavy (non-hydrogen) atoms. The molecule has 1 atom stereocenters. The van der Waals surface area contributed by atoms with Crippen LogP contribution in [0.4, 0.5) is 0 Å². The van der Waals surface area contributed by atoms with Crippen LogP contribution in [-0.2, 0) is 4.79 Å². The van der Waals surface area contributed by atoms with Gasteiger partial charge in [0, 0.05) is 32.1 Å². The van der Waals surface area contributed by atoms with E-state index in [2.05, 4.69) is 18.9 Å². The van der Waals surface area contributed by atoms with Crippen molar-refractivity contribution in [2.75, 3.05) is 33.2 Å². The average Bonchev–Trinajstić information content (AvgIpc) is 2.45. The summed E-state index contributed by atoms with van der Waals surface area (Å²) in [6.07, 6.45) is 6.22. The Bertz CT molecular complexity index is 275. The molecule has 118 valence electrons. The summed E-state index contributed by atoms with van der Waals surface area (Å²) in [7, 11) is 2.22. The van der Waals surface area contributed by atoms with Crippen LogP contribution in [0.15, 0.2) is 0 Å². The lowest BCUT2D eigenvalue weighted by Crippen LogP contribution is -2.42. The summed E-state index contributed by atoms with van der Waals surface area (Å²) < 4.78 is 0. The molecule has 0 saturated carbocycles.